The lowest BCUT2D eigenvalue weighted by atomic mass is 9.48. The SMILES string of the molecule is CC(C)CCC[C@@H](C)[C@H]1CC[C@H]2[C@@H]3CCC(=NO)[C@](C)(CCO)[C@H]3CC[C@]12C. The molecule has 2 N–H and O–H groups in total. The number of nitrogens with zero attached hydrogens (tertiary/aromatic N) is 1. The largest absolute Gasteiger partial charge is 0.411 e. The summed E-state index contributed by atoms with van der Waals surface area (Å²) < 4.78 is 0. The van der Waals surface area contributed by atoms with E-state index in [4.69, 9.17) is 0 Å². The molecule has 3 fully saturated rings. The molecule has 0 spiro atoms. The Morgan fingerprint density at radius 2 is 1.79 bits per heavy atom. The van der Waals surface area contributed by atoms with Gasteiger partial charge in [-0.15, -0.1) is 0 Å². The molecule has 0 unspecified atom stereocenters. The zero-order chi connectivity index (χ0) is 20.5. The van der Waals surface area contributed by atoms with Gasteiger partial charge in [-0.25, -0.2) is 0 Å². The summed E-state index contributed by atoms with van der Waals surface area (Å²) in [4.78, 5) is 0. The first-order valence-corrected chi connectivity index (χ1v) is 12.1. The van der Waals surface area contributed by atoms with Crippen molar-refractivity contribution in [3.63, 3.8) is 0 Å². The van der Waals surface area contributed by atoms with Crippen LogP contribution in [0.2, 0.25) is 0 Å². The van der Waals surface area contributed by atoms with E-state index in [0.29, 0.717) is 11.3 Å². The zero-order valence-electron chi connectivity index (χ0n) is 19.1. The van der Waals surface area contributed by atoms with Gasteiger partial charge in [0.25, 0.3) is 0 Å². The van der Waals surface area contributed by atoms with Crippen molar-refractivity contribution in [1.82, 2.24) is 0 Å². The molecule has 0 radical (unpaired) electrons. The van der Waals surface area contributed by atoms with E-state index in [1.165, 1.54) is 51.4 Å². The van der Waals surface area contributed by atoms with Gasteiger partial charge in [-0.3, -0.25) is 0 Å². The van der Waals surface area contributed by atoms with Crippen molar-refractivity contribution < 1.29 is 10.3 Å². The normalized spacial score (nSPS) is 43.2. The molecule has 7 atom stereocenters. The highest BCUT2D eigenvalue weighted by atomic mass is 16.4. The third-order valence-electron chi connectivity index (χ3n) is 9.58. The molecule has 0 heterocycles. The molecular weight excluding hydrogens is 346 g/mol. The minimum atomic E-state index is -0.116. The van der Waals surface area contributed by atoms with Gasteiger partial charge in [0.1, 0.15) is 0 Å². The van der Waals surface area contributed by atoms with E-state index in [9.17, 15) is 10.3 Å². The highest BCUT2D eigenvalue weighted by Crippen LogP contribution is 2.65. The molecule has 0 aromatic heterocycles. The van der Waals surface area contributed by atoms with E-state index in [1.807, 2.05) is 0 Å². The molecule has 3 nitrogen and oxygen atoms in total. The summed E-state index contributed by atoms with van der Waals surface area (Å²) in [6, 6.07) is 0. The van der Waals surface area contributed by atoms with Crippen molar-refractivity contribution in [2.75, 3.05) is 6.61 Å². The second kappa shape index (κ2) is 8.66. The highest BCUT2D eigenvalue weighted by Gasteiger charge is 2.59. The molecule has 0 bridgehead atoms. The average Bonchev–Trinajstić information content (AvgIpc) is 2.99. The fourth-order valence-corrected chi connectivity index (χ4v) is 8.03. The quantitative estimate of drug-likeness (QED) is 0.383. The maximum absolute atomic E-state index is 9.72. The van der Waals surface area contributed by atoms with Gasteiger partial charge < -0.3 is 10.3 Å². The topological polar surface area (TPSA) is 52.8 Å². The molecule has 0 aliphatic heterocycles. The third kappa shape index (κ3) is 3.77. The summed E-state index contributed by atoms with van der Waals surface area (Å²) in [5.74, 6) is 4.68. The minimum absolute atomic E-state index is 0.116. The van der Waals surface area contributed by atoms with Crippen molar-refractivity contribution in [2.45, 2.75) is 98.8 Å². The molecule has 0 saturated heterocycles. The first-order valence-electron chi connectivity index (χ1n) is 12.1. The molecule has 0 aromatic carbocycles. The number of fused-ring (bicyclic) bond motifs is 3. The molecule has 3 heteroatoms. The Morgan fingerprint density at radius 3 is 2.43 bits per heavy atom. The lowest BCUT2D eigenvalue weighted by Crippen LogP contribution is -2.53. The lowest BCUT2D eigenvalue weighted by Gasteiger charge is -2.57. The van der Waals surface area contributed by atoms with Crippen LogP contribution in [-0.2, 0) is 0 Å². The van der Waals surface area contributed by atoms with E-state index in [1.54, 1.807) is 0 Å². The van der Waals surface area contributed by atoms with Gasteiger partial charge >= 0.3 is 0 Å². The smallest absolute Gasteiger partial charge is 0.0633 e. The van der Waals surface area contributed by atoms with E-state index < -0.39 is 0 Å². The average molecular weight is 392 g/mol. The van der Waals surface area contributed by atoms with Crippen LogP contribution >= 0.6 is 0 Å². The number of aliphatic hydroxyl groups is 1. The summed E-state index contributed by atoms with van der Waals surface area (Å²) in [7, 11) is 0. The molecule has 0 amide bonds. The van der Waals surface area contributed by atoms with Gasteiger partial charge in [0, 0.05) is 12.0 Å². The first-order chi connectivity index (χ1) is 13.3. The van der Waals surface area contributed by atoms with Crippen LogP contribution in [0.5, 0.6) is 0 Å². The maximum Gasteiger partial charge on any atom is 0.0633 e. The van der Waals surface area contributed by atoms with Crippen molar-refractivity contribution in [1.29, 1.82) is 0 Å². The van der Waals surface area contributed by atoms with Crippen molar-refractivity contribution in [2.24, 2.45) is 51.5 Å². The molecule has 3 saturated carbocycles. The minimum Gasteiger partial charge on any atom is -0.411 e. The molecule has 0 aromatic rings. The Hall–Kier alpha value is -0.570. The van der Waals surface area contributed by atoms with Crippen molar-refractivity contribution >= 4 is 5.71 Å². The van der Waals surface area contributed by atoms with Crippen LogP contribution in [0.4, 0.5) is 0 Å². The fourth-order valence-electron chi connectivity index (χ4n) is 8.03. The second-order valence-corrected chi connectivity index (χ2v) is 11.4. The van der Waals surface area contributed by atoms with Gasteiger partial charge in [-0.2, -0.15) is 0 Å². The van der Waals surface area contributed by atoms with E-state index >= 15 is 0 Å². The zero-order valence-corrected chi connectivity index (χ0v) is 19.1. The Morgan fingerprint density at radius 1 is 1.04 bits per heavy atom. The Kier molecular flexibility index (Phi) is 6.84. The second-order valence-electron chi connectivity index (χ2n) is 11.4. The monoisotopic (exact) mass is 391 g/mol. The summed E-state index contributed by atoms with van der Waals surface area (Å²) in [5.41, 5.74) is 1.32. The Labute approximate surface area is 173 Å². The van der Waals surface area contributed by atoms with Crippen LogP contribution in [0.1, 0.15) is 98.8 Å². The number of hydrogen-bond donors (Lipinski definition) is 2. The molecule has 162 valence electrons. The highest BCUT2D eigenvalue weighted by molar-refractivity contribution is 5.90. The van der Waals surface area contributed by atoms with E-state index in [2.05, 4.69) is 39.8 Å². The van der Waals surface area contributed by atoms with Crippen LogP contribution in [0.15, 0.2) is 5.16 Å². The van der Waals surface area contributed by atoms with Crippen molar-refractivity contribution in [3.8, 4) is 0 Å². The van der Waals surface area contributed by atoms with Crippen LogP contribution < -0.4 is 0 Å². The number of aliphatic hydroxyl groups excluding tert-OH is 1. The predicted octanol–water partition coefficient (Wildman–Crippen LogP) is 6.52. The van der Waals surface area contributed by atoms with E-state index in [-0.39, 0.29) is 12.0 Å². The fraction of sp³-hybridized carbons (Fsp3) is 0.960. The van der Waals surface area contributed by atoms with Gasteiger partial charge in [-0.1, -0.05) is 59.0 Å². The number of rotatable bonds is 7. The van der Waals surface area contributed by atoms with Gasteiger partial charge in [0.15, 0.2) is 0 Å². The summed E-state index contributed by atoms with van der Waals surface area (Å²) in [6.07, 6.45) is 12.3. The van der Waals surface area contributed by atoms with Crippen LogP contribution in [0.3, 0.4) is 0 Å². The van der Waals surface area contributed by atoms with Gasteiger partial charge in [0.05, 0.1) is 5.71 Å². The van der Waals surface area contributed by atoms with E-state index in [0.717, 1.165) is 48.1 Å². The Bertz CT molecular complexity index is 559. The first kappa shape index (κ1) is 22.1. The number of oxime groups is 1. The third-order valence-corrected chi connectivity index (χ3v) is 9.58. The standard InChI is InChI=1S/C25H45NO2/c1-17(2)7-6-8-18(3)20-10-11-21-19-9-12-23(26-28)25(5,15-16-27)22(19)13-14-24(20,21)4/h17-22,27-28H,6-16H2,1-5H3/t18-,19+,20-,21+,22+,24-,25-/m1/s1. The molecular formula is C25H45NO2. The molecule has 3 rings (SSSR count). The summed E-state index contributed by atoms with van der Waals surface area (Å²) in [6.45, 7) is 12.3. The molecule has 3 aliphatic rings. The van der Waals surface area contributed by atoms with Crippen LogP contribution in [0, 0.1) is 46.3 Å². The summed E-state index contributed by atoms with van der Waals surface area (Å²) >= 11 is 0. The van der Waals surface area contributed by atoms with Crippen LogP contribution in [-0.4, -0.2) is 22.6 Å². The lowest BCUT2D eigenvalue weighted by molar-refractivity contribution is -0.0475. The molecule has 28 heavy (non-hydrogen) atoms. The molecule has 3 aliphatic carbocycles. The Balaban J connectivity index is 1.75. The van der Waals surface area contributed by atoms with Gasteiger partial charge in [-0.05, 0) is 85.9 Å². The van der Waals surface area contributed by atoms with Crippen LogP contribution in [0.25, 0.3) is 0 Å². The maximum atomic E-state index is 9.72. The van der Waals surface area contributed by atoms with Crippen molar-refractivity contribution in [3.05, 3.63) is 0 Å². The predicted molar refractivity (Wildman–Crippen MR) is 117 cm³/mol. The van der Waals surface area contributed by atoms with Gasteiger partial charge in [0.2, 0.25) is 0 Å². The summed E-state index contributed by atoms with van der Waals surface area (Å²) in [5, 5.41) is 23.1. The number of hydrogen-bond acceptors (Lipinski definition) is 3.